The van der Waals surface area contributed by atoms with Crippen molar-refractivity contribution in [2.24, 2.45) is 0 Å². The van der Waals surface area contributed by atoms with Gasteiger partial charge in [-0.25, -0.2) is 18.4 Å². The van der Waals surface area contributed by atoms with E-state index in [4.69, 9.17) is 0 Å². The van der Waals surface area contributed by atoms with Crippen molar-refractivity contribution < 1.29 is 8.42 Å². The Morgan fingerprint density at radius 2 is 1.63 bits per heavy atom. The highest BCUT2D eigenvalue weighted by atomic mass is 32.2. The number of nitriles is 1. The molecule has 0 amide bonds. The van der Waals surface area contributed by atoms with Gasteiger partial charge in [0, 0.05) is 6.04 Å². The normalized spacial score (nSPS) is 16.1. The Labute approximate surface area is 176 Å². The van der Waals surface area contributed by atoms with Gasteiger partial charge in [0.05, 0.1) is 22.0 Å². The summed E-state index contributed by atoms with van der Waals surface area (Å²) in [7, 11) is -3.96. The fraction of sp³-hybridized carbons (Fsp3) is 0.348. The molecule has 1 atom stereocenters. The fourth-order valence-corrected chi connectivity index (χ4v) is 5.27. The molecule has 1 aliphatic carbocycles. The Hall–Kier alpha value is -2.98. The average Bonchev–Trinajstić information content (AvgIpc) is 2.75. The van der Waals surface area contributed by atoms with Gasteiger partial charge in [-0.15, -0.1) is 0 Å². The van der Waals surface area contributed by atoms with Crippen LogP contribution in [0.5, 0.6) is 0 Å². The minimum absolute atomic E-state index is 0.109. The van der Waals surface area contributed by atoms with Gasteiger partial charge in [-0.1, -0.05) is 49.1 Å². The van der Waals surface area contributed by atoms with E-state index in [-0.39, 0.29) is 16.6 Å². The third kappa shape index (κ3) is 4.01. The quantitative estimate of drug-likeness (QED) is 0.641. The molecule has 7 heteroatoms. The lowest BCUT2D eigenvalue weighted by Crippen LogP contribution is -2.25. The number of aromatic nitrogens is 2. The number of anilines is 1. The Kier molecular flexibility index (Phi) is 5.69. The van der Waals surface area contributed by atoms with Gasteiger partial charge in [0.2, 0.25) is 9.84 Å². The summed E-state index contributed by atoms with van der Waals surface area (Å²) in [6, 6.07) is 16.0. The van der Waals surface area contributed by atoms with Crippen LogP contribution in [-0.2, 0) is 9.84 Å². The van der Waals surface area contributed by atoms with Crippen molar-refractivity contribution in [3.05, 3.63) is 59.8 Å². The standard InChI is InChI=1S/C23H24N4O2S/c1-16-11-13-18(14-12-16)30(28,29)21(15-24)22-23(25-17-7-3-2-4-8-17)27-20-10-6-5-9-19(20)26-22/h5-6,9-14,17,21H,2-4,7-8H2,1H3,(H,25,27)/t21-/m1/s1. The molecule has 0 bridgehead atoms. The highest BCUT2D eigenvalue weighted by molar-refractivity contribution is 7.92. The lowest BCUT2D eigenvalue weighted by Gasteiger charge is -2.25. The molecule has 1 saturated carbocycles. The van der Waals surface area contributed by atoms with Crippen LogP contribution in [0.2, 0.25) is 0 Å². The smallest absolute Gasteiger partial charge is 0.200 e. The third-order valence-electron chi connectivity index (χ3n) is 5.57. The van der Waals surface area contributed by atoms with Crippen LogP contribution in [0.4, 0.5) is 5.82 Å². The van der Waals surface area contributed by atoms with Crippen LogP contribution in [0.1, 0.15) is 48.6 Å². The van der Waals surface area contributed by atoms with Crippen molar-refractivity contribution >= 4 is 26.7 Å². The van der Waals surface area contributed by atoms with Crippen LogP contribution >= 0.6 is 0 Å². The summed E-state index contributed by atoms with van der Waals surface area (Å²) < 4.78 is 26.7. The highest BCUT2D eigenvalue weighted by Crippen LogP contribution is 2.33. The molecule has 0 aliphatic heterocycles. The number of nitrogens with zero attached hydrogens (tertiary/aromatic N) is 3. The van der Waals surface area contributed by atoms with Crippen molar-refractivity contribution in [1.29, 1.82) is 5.26 Å². The molecule has 1 heterocycles. The van der Waals surface area contributed by atoms with Crippen LogP contribution in [0, 0.1) is 18.3 Å². The molecular weight excluding hydrogens is 396 g/mol. The molecule has 4 rings (SSSR count). The van der Waals surface area contributed by atoms with Gasteiger partial charge in [0.1, 0.15) is 5.69 Å². The largest absolute Gasteiger partial charge is 0.366 e. The van der Waals surface area contributed by atoms with Crippen LogP contribution in [-0.4, -0.2) is 24.4 Å². The van der Waals surface area contributed by atoms with Gasteiger partial charge < -0.3 is 5.32 Å². The molecule has 2 aromatic carbocycles. The van der Waals surface area contributed by atoms with E-state index in [1.807, 2.05) is 31.2 Å². The molecule has 1 fully saturated rings. The Bertz CT molecular complexity index is 1190. The van der Waals surface area contributed by atoms with Crippen LogP contribution in [0.15, 0.2) is 53.4 Å². The van der Waals surface area contributed by atoms with E-state index in [0.717, 1.165) is 31.2 Å². The summed E-state index contributed by atoms with van der Waals surface area (Å²) >= 11 is 0. The minimum Gasteiger partial charge on any atom is -0.366 e. The molecule has 1 N–H and O–H groups in total. The molecule has 154 valence electrons. The molecule has 3 aromatic rings. The Morgan fingerprint density at radius 3 is 2.27 bits per heavy atom. The van der Waals surface area contributed by atoms with Gasteiger partial charge in [-0.05, 0) is 44.0 Å². The predicted octanol–water partition coefficient (Wildman–Crippen LogP) is 4.72. The maximum absolute atomic E-state index is 13.3. The first-order chi connectivity index (χ1) is 14.5. The van der Waals surface area contributed by atoms with E-state index in [0.29, 0.717) is 16.9 Å². The van der Waals surface area contributed by atoms with E-state index >= 15 is 0 Å². The lowest BCUT2D eigenvalue weighted by atomic mass is 9.95. The second kappa shape index (κ2) is 8.41. The van der Waals surface area contributed by atoms with Gasteiger partial charge in [-0.3, -0.25) is 0 Å². The predicted molar refractivity (Wildman–Crippen MR) is 117 cm³/mol. The average molecular weight is 421 g/mol. The molecule has 0 radical (unpaired) electrons. The van der Waals surface area contributed by atoms with Crippen LogP contribution in [0.3, 0.4) is 0 Å². The molecular formula is C23H24N4O2S. The zero-order valence-electron chi connectivity index (χ0n) is 16.9. The van der Waals surface area contributed by atoms with Gasteiger partial charge in [-0.2, -0.15) is 5.26 Å². The number of hydrogen-bond acceptors (Lipinski definition) is 6. The summed E-state index contributed by atoms with van der Waals surface area (Å²) in [6.45, 7) is 1.89. The van der Waals surface area contributed by atoms with E-state index in [2.05, 4.69) is 15.3 Å². The minimum atomic E-state index is -3.96. The van der Waals surface area contributed by atoms with Crippen molar-refractivity contribution in [3.63, 3.8) is 0 Å². The number of para-hydroxylation sites is 2. The first-order valence-corrected chi connectivity index (χ1v) is 11.8. The number of nitrogens with one attached hydrogen (secondary N) is 1. The second-order valence-corrected chi connectivity index (χ2v) is 9.83. The number of benzene rings is 2. The monoisotopic (exact) mass is 420 g/mol. The van der Waals surface area contributed by atoms with E-state index in [1.165, 1.54) is 18.6 Å². The van der Waals surface area contributed by atoms with E-state index in [9.17, 15) is 13.7 Å². The van der Waals surface area contributed by atoms with Gasteiger partial charge in [0.25, 0.3) is 0 Å². The number of sulfone groups is 1. The Balaban J connectivity index is 1.82. The maximum Gasteiger partial charge on any atom is 0.200 e. The van der Waals surface area contributed by atoms with Crippen molar-refractivity contribution in [2.45, 2.75) is 55.2 Å². The third-order valence-corrected chi connectivity index (χ3v) is 7.45. The van der Waals surface area contributed by atoms with E-state index in [1.54, 1.807) is 18.2 Å². The molecule has 1 aromatic heterocycles. The fourth-order valence-electron chi connectivity index (χ4n) is 3.88. The number of aryl methyl sites for hydroxylation is 1. The zero-order chi connectivity index (χ0) is 21.1. The summed E-state index contributed by atoms with van der Waals surface area (Å²) in [5.74, 6) is 0.392. The molecule has 1 aliphatic rings. The first kappa shape index (κ1) is 20.3. The van der Waals surface area contributed by atoms with Gasteiger partial charge >= 0.3 is 0 Å². The van der Waals surface area contributed by atoms with Gasteiger partial charge in [0.15, 0.2) is 11.1 Å². The summed E-state index contributed by atoms with van der Waals surface area (Å²) in [6.07, 6.45) is 5.44. The summed E-state index contributed by atoms with van der Waals surface area (Å²) in [5, 5.41) is 11.9. The summed E-state index contributed by atoms with van der Waals surface area (Å²) in [4.78, 5) is 9.37. The van der Waals surface area contributed by atoms with Crippen molar-refractivity contribution in [2.75, 3.05) is 5.32 Å². The Morgan fingerprint density at radius 1 is 1.00 bits per heavy atom. The molecule has 0 spiro atoms. The number of rotatable bonds is 5. The summed E-state index contributed by atoms with van der Waals surface area (Å²) in [5.41, 5.74) is 2.36. The lowest BCUT2D eigenvalue weighted by molar-refractivity contribution is 0.461. The van der Waals surface area contributed by atoms with E-state index < -0.39 is 15.1 Å². The molecule has 0 saturated heterocycles. The molecule has 0 unspecified atom stereocenters. The SMILES string of the molecule is Cc1ccc(S(=O)(=O)[C@H](C#N)c2nc3ccccc3nc2NC2CCCCC2)cc1. The van der Waals surface area contributed by atoms with Crippen molar-refractivity contribution in [1.82, 2.24) is 9.97 Å². The topological polar surface area (TPSA) is 95.7 Å². The van der Waals surface area contributed by atoms with Crippen molar-refractivity contribution in [3.8, 4) is 6.07 Å². The second-order valence-electron chi connectivity index (χ2n) is 7.79. The van der Waals surface area contributed by atoms with Crippen LogP contribution < -0.4 is 5.32 Å². The molecule has 6 nitrogen and oxygen atoms in total. The zero-order valence-corrected chi connectivity index (χ0v) is 17.7. The maximum atomic E-state index is 13.3. The first-order valence-electron chi connectivity index (χ1n) is 10.2. The molecule has 30 heavy (non-hydrogen) atoms. The highest BCUT2D eigenvalue weighted by Gasteiger charge is 2.34. The number of fused-ring (bicyclic) bond motifs is 1. The van der Waals surface area contributed by atoms with Crippen LogP contribution in [0.25, 0.3) is 11.0 Å². The number of hydrogen-bond donors (Lipinski definition) is 1.